The Balaban J connectivity index is 2.35. The molecule has 0 aliphatic carbocycles. The molecule has 3 atom stereocenters. The van der Waals surface area contributed by atoms with Gasteiger partial charge in [-0.15, -0.1) is 0 Å². The fourth-order valence-corrected chi connectivity index (χ4v) is 1.81. The van der Waals surface area contributed by atoms with Crippen molar-refractivity contribution in [1.82, 2.24) is 0 Å². The Labute approximate surface area is 63.8 Å². The van der Waals surface area contributed by atoms with Gasteiger partial charge in [0.1, 0.15) is 0 Å². The van der Waals surface area contributed by atoms with Gasteiger partial charge in [0.05, 0.1) is 12.2 Å². The third-order valence-electron chi connectivity index (χ3n) is 2.28. The van der Waals surface area contributed by atoms with Gasteiger partial charge in [-0.05, 0) is 32.1 Å². The number of ether oxygens (including phenoxy) is 1. The standard InChI is InChI=1S/C9H18O/c1-4-9-6-7(2)5-8(3)10-9/h7-9H,4-6H2,1-3H3/t7-,8-,9+/m0/s1. The van der Waals surface area contributed by atoms with Gasteiger partial charge in [0.25, 0.3) is 0 Å². The van der Waals surface area contributed by atoms with Crippen LogP contribution in [0.3, 0.4) is 0 Å². The largest absolute Gasteiger partial charge is 0.375 e. The Hall–Kier alpha value is -0.0400. The lowest BCUT2D eigenvalue weighted by atomic mass is 9.93. The van der Waals surface area contributed by atoms with Crippen LogP contribution in [0.25, 0.3) is 0 Å². The van der Waals surface area contributed by atoms with Gasteiger partial charge >= 0.3 is 0 Å². The topological polar surface area (TPSA) is 9.23 Å². The van der Waals surface area contributed by atoms with Crippen molar-refractivity contribution in [3.63, 3.8) is 0 Å². The molecule has 60 valence electrons. The summed E-state index contributed by atoms with van der Waals surface area (Å²) >= 11 is 0. The Kier molecular flexibility index (Phi) is 2.72. The average molecular weight is 142 g/mol. The van der Waals surface area contributed by atoms with Gasteiger partial charge in [0, 0.05) is 0 Å². The fraction of sp³-hybridized carbons (Fsp3) is 1.00. The zero-order valence-electron chi connectivity index (χ0n) is 7.26. The summed E-state index contributed by atoms with van der Waals surface area (Å²) in [6.07, 6.45) is 4.72. The molecule has 0 unspecified atom stereocenters. The van der Waals surface area contributed by atoms with E-state index in [1.165, 1.54) is 19.3 Å². The number of hydrogen-bond donors (Lipinski definition) is 0. The van der Waals surface area contributed by atoms with Crippen LogP contribution < -0.4 is 0 Å². The highest BCUT2D eigenvalue weighted by Crippen LogP contribution is 2.25. The lowest BCUT2D eigenvalue weighted by molar-refractivity contribution is -0.0594. The quantitative estimate of drug-likeness (QED) is 0.547. The molecule has 1 nitrogen and oxygen atoms in total. The average Bonchev–Trinajstić information content (AvgIpc) is 1.85. The van der Waals surface area contributed by atoms with Crippen molar-refractivity contribution >= 4 is 0 Å². The molecule has 10 heavy (non-hydrogen) atoms. The first-order chi connectivity index (χ1) is 4.72. The van der Waals surface area contributed by atoms with Gasteiger partial charge in [0.2, 0.25) is 0 Å². The van der Waals surface area contributed by atoms with E-state index >= 15 is 0 Å². The molecule has 1 rings (SSSR count). The van der Waals surface area contributed by atoms with Crippen molar-refractivity contribution in [3.8, 4) is 0 Å². The predicted molar refractivity (Wildman–Crippen MR) is 43.0 cm³/mol. The Morgan fingerprint density at radius 3 is 2.50 bits per heavy atom. The summed E-state index contributed by atoms with van der Waals surface area (Å²) in [4.78, 5) is 0. The molecule has 1 heterocycles. The lowest BCUT2D eigenvalue weighted by Crippen LogP contribution is -2.29. The molecule has 0 bridgehead atoms. The molecule has 0 amide bonds. The van der Waals surface area contributed by atoms with Crippen molar-refractivity contribution < 1.29 is 4.74 Å². The second-order valence-electron chi connectivity index (χ2n) is 3.55. The minimum absolute atomic E-state index is 0.494. The van der Waals surface area contributed by atoms with Gasteiger partial charge < -0.3 is 4.74 Å². The summed E-state index contributed by atoms with van der Waals surface area (Å²) in [5.41, 5.74) is 0. The molecule has 0 saturated carbocycles. The molecule has 1 fully saturated rings. The highest BCUT2D eigenvalue weighted by Gasteiger charge is 2.22. The zero-order valence-corrected chi connectivity index (χ0v) is 7.26. The number of hydrogen-bond acceptors (Lipinski definition) is 1. The molecule has 1 saturated heterocycles. The van der Waals surface area contributed by atoms with Crippen molar-refractivity contribution in [2.45, 2.75) is 52.2 Å². The monoisotopic (exact) mass is 142 g/mol. The van der Waals surface area contributed by atoms with Gasteiger partial charge in [-0.2, -0.15) is 0 Å². The Bertz CT molecular complexity index is 90.9. The van der Waals surface area contributed by atoms with E-state index in [0.717, 1.165) is 5.92 Å². The molecular weight excluding hydrogens is 124 g/mol. The van der Waals surface area contributed by atoms with Crippen LogP contribution in [0.15, 0.2) is 0 Å². The van der Waals surface area contributed by atoms with Gasteiger partial charge in [-0.3, -0.25) is 0 Å². The summed E-state index contributed by atoms with van der Waals surface area (Å²) < 4.78 is 5.71. The maximum atomic E-state index is 5.71. The molecule has 0 N–H and O–H groups in total. The molecule has 0 aromatic rings. The van der Waals surface area contributed by atoms with Crippen molar-refractivity contribution in [3.05, 3.63) is 0 Å². The van der Waals surface area contributed by atoms with E-state index in [4.69, 9.17) is 4.74 Å². The summed E-state index contributed by atoms with van der Waals surface area (Å²) in [6, 6.07) is 0. The predicted octanol–water partition coefficient (Wildman–Crippen LogP) is 2.60. The van der Waals surface area contributed by atoms with Crippen molar-refractivity contribution in [2.24, 2.45) is 5.92 Å². The molecule has 0 aromatic carbocycles. The third-order valence-corrected chi connectivity index (χ3v) is 2.28. The van der Waals surface area contributed by atoms with Gasteiger partial charge in [-0.1, -0.05) is 13.8 Å². The van der Waals surface area contributed by atoms with Crippen LogP contribution in [-0.4, -0.2) is 12.2 Å². The fourth-order valence-electron chi connectivity index (χ4n) is 1.81. The summed E-state index contributed by atoms with van der Waals surface area (Å²) in [5, 5.41) is 0. The molecule has 1 aliphatic rings. The second-order valence-corrected chi connectivity index (χ2v) is 3.55. The highest BCUT2D eigenvalue weighted by atomic mass is 16.5. The molecule has 0 spiro atoms. The summed E-state index contributed by atoms with van der Waals surface area (Å²) in [7, 11) is 0. The normalized spacial score (nSPS) is 41.7. The number of rotatable bonds is 1. The van der Waals surface area contributed by atoms with Gasteiger partial charge in [0.15, 0.2) is 0 Å². The van der Waals surface area contributed by atoms with E-state index in [-0.39, 0.29) is 0 Å². The van der Waals surface area contributed by atoms with E-state index in [9.17, 15) is 0 Å². The SMILES string of the molecule is CC[C@@H]1C[C@@H](C)C[C@H](C)O1. The van der Waals surface area contributed by atoms with E-state index in [1.54, 1.807) is 0 Å². The van der Waals surface area contributed by atoms with E-state index in [1.807, 2.05) is 0 Å². The van der Waals surface area contributed by atoms with Crippen LogP contribution >= 0.6 is 0 Å². The first-order valence-corrected chi connectivity index (χ1v) is 4.37. The Morgan fingerprint density at radius 1 is 1.30 bits per heavy atom. The minimum Gasteiger partial charge on any atom is -0.375 e. The summed E-state index contributed by atoms with van der Waals surface area (Å²) in [6.45, 7) is 6.70. The van der Waals surface area contributed by atoms with E-state index < -0.39 is 0 Å². The first-order valence-electron chi connectivity index (χ1n) is 4.37. The molecule has 1 aliphatic heterocycles. The van der Waals surface area contributed by atoms with Gasteiger partial charge in [-0.25, -0.2) is 0 Å². The van der Waals surface area contributed by atoms with Crippen LogP contribution in [0.4, 0.5) is 0 Å². The second kappa shape index (κ2) is 3.38. The lowest BCUT2D eigenvalue weighted by Gasteiger charge is -2.31. The smallest absolute Gasteiger partial charge is 0.0578 e. The molecule has 1 heteroatoms. The zero-order chi connectivity index (χ0) is 7.56. The van der Waals surface area contributed by atoms with E-state index in [2.05, 4.69) is 20.8 Å². The molecule has 0 aromatic heterocycles. The maximum Gasteiger partial charge on any atom is 0.0578 e. The van der Waals surface area contributed by atoms with Crippen LogP contribution in [0.1, 0.15) is 40.0 Å². The van der Waals surface area contributed by atoms with E-state index in [0.29, 0.717) is 12.2 Å². The van der Waals surface area contributed by atoms with Crippen molar-refractivity contribution in [1.29, 1.82) is 0 Å². The molecular formula is C9H18O. The summed E-state index contributed by atoms with van der Waals surface area (Å²) in [5.74, 6) is 0.869. The first kappa shape index (κ1) is 8.06. The van der Waals surface area contributed by atoms with Crippen molar-refractivity contribution in [2.75, 3.05) is 0 Å². The highest BCUT2D eigenvalue weighted by molar-refractivity contribution is 4.71. The molecule has 0 radical (unpaired) electrons. The van der Waals surface area contributed by atoms with Crippen LogP contribution in [0.5, 0.6) is 0 Å². The van der Waals surface area contributed by atoms with Crippen LogP contribution in [0.2, 0.25) is 0 Å². The Morgan fingerprint density at radius 2 is 2.00 bits per heavy atom. The minimum atomic E-state index is 0.494. The third kappa shape index (κ3) is 1.98. The maximum absolute atomic E-state index is 5.71. The van der Waals surface area contributed by atoms with Crippen LogP contribution in [0, 0.1) is 5.92 Å². The van der Waals surface area contributed by atoms with Crippen LogP contribution in [-0.2, 0) is 4.74 Å².